The summed E-state index contributed by atoms with van der Waals surface area (Å²) >= 11 is 5.72. The van der Waals surface area contributed by atoms with E-state index in [9.17, 15) is 9.59 Å². The number of amides is 1. The summed E-state index contributed by atoms with van der Waals surface area (Å²) in [5.74, 6) is -0.671. The lowest BCUT2D eigenvalue weighted by Gasteiger charge is -2.09. The van der Waals surface area contributed by atoms with Crippen LogP contribution in [0.4, 0.5) is 0 Å². The SMILES string of the molecule is COC(=O)C(Cl)CNC(=O)CCc1ccc(C)cc1. The van der Waals surface area contributed by atoms with Crippen LogP contribution in [0.25, 0.3) is 0 Å². The first-order valence-corrected chi connectivity index (χ1v) is 6.50. The van der Waals surface area contributed by atoms with E-state index in [1.165, 1.54) is 12.7 Å². The molecule has 0 radical (unpaired) electrons. The Morgan fingerprint density at radius 2 is 1.95 bits per heavy atom. The Labute approximate surface area is 118 Å². The first kappa shape index (κ1) is 15.5. The zero-order valence-electron chi connectivity index (χ0n) is 11.1. The standard InChI is InChI=1S/C14H18ClNO3/c1-10-3-5-11(6-4-10)7-8-13(17)16-9-12(15)14(18)19-2/h3-6,12H,7-9H2,1-2H3,(H,16,17). The van der Waals surface area contributed by atoms with E-state index < -0.39 is 11.3 Å². The maximum absolute atomic E-state index is 11.6. The molecule has 0 aromatic heterocycles. The van der Waals surface area contributed by atoms with Gasteiger partial charge in [-0.05, 0) is 18.9 Å². The summed E-state index contributed by atoms with van der Waals surface area (Å²) in [7, 11) is 1.26. The second-order valence-corrected chi connectivity index (χ2v) is 4.81. The van der Waals surface area contributed by atoms with Gasteiger partial charge in [-0.1, -0.05) is 29.8 Å². The average molecular weight is 284 g/mol. The highest BCUT2D eigenvalue weighted by atomic mass is 35.5. The quantitative estimate of drug-likeness (QED) is 0.640. The number of hydrogen-bond acceptors (Lipinski definition) is 3. The highest BCUT2D eigenvalue weighted by molar-refractivity contribution is 6.30. The van der Waals surface area contributed by atoms with Gasteiger partial charge in [0.25, 0.3) is 0 Å². The number of aryl methyl sites for hydroxylation is 2. The van der Waals surface area contributed by atoms with E-state index >= 15 is 0 Å². The molecule has 0 aliphatic carbocycles. The summed E-state index contributed by atoms with van der Waals surface area (Å²) in [6, 6.07) is 8.03. The second kappa shape index (κ2) is 7.79. The van der Waals surface area contributed by atoms with E-state index in [0.29, 0.717) is 12.8 Å². The van der Waals surface area contributed by atoms with Crippen molar-refractivity contribution in [3.8, 4) is 0 Å². The van der Waals surface area contributed by atoms with Crippen LogP contribution in [0, 0.1) is 6.92 Å². The second-order valence-electron chi connectivity index (χ2n) is 4.28. The number of rotatable bonds is 6. The molecule has 0 saturated heterocycles. The largest absolute Gasteiger partial charge is 0.468 e. The van der Waals surface area contributed by atoms with Gasteiger partial charge >= 0.3 is 5.97 Å². The van der Waals surface area contributed by atoms with E-state index in [-0.39, 0.29) is 12.5 Å². The normalized spacial score (nSPS) is 11.7. The molecule has 1 atom stereocenters. The highest BCUT2D eigenvalue weighted by Crippen LogP contribution is 2.05. The van der Waals surface area contributed by atoms with Crippen molar-refractivity contribution in [1.29, 1.82) is 0 Å². The molecule has 104 valence electrons. The van der Waals surface area contributed by atoms with E-state index in [4.69, 9.17) is 11.6 Å². The van der Waals surface area contributed by atoms with Crippen molar-refractivity contribution >= 4 is 23.5 Å². The third kappa shape index (κ3) is 5.75. The molecule has 4 nitrogen and oxygen atoms in total. The number of methoxy groups -OCH3 is 1. The monoisotopic (exact) mass is 283 g/mol. The van der Waals surface area contributed by atoms with Crippen LogP contribution in [0.3, 0.4) is 0 Å². The molecule has 1 aromatic carbocycles. The van der Waals surface area contributed by atoms with Crippen LogP contribution in [-0.2, 0) is 20.7 Å². The average Bonchev–Trinajstić information content (AvgIpc) is 2.43. The van der Waals surface area contributed by atoms with Crippen molar-refractivity contribution in [3.05, 3.63) is 35.4 Å². The lowest BCUT2D eigenvalue weighted by molar-refractivity contribution is -0.140. The van der Waals surface area contributed by atoms with Gasteiger partial charge in [0, 0.05) is 13.0 Å². The molecule has 0 heterocycles. The molecule has 0 aliphatic rings. The van der Waals surface area contributed by atoms with Crippen molar-refractivity contribution in [2.24, 2.45) is 0 Å². The molecule has 0 fully saturated rings. The summed E-state index contributed by atoms with van der Waals surface area (Å²) in [5.41, 5.74) is 2.30. The highest BCUT2D eigenvalue weighted by Gasteiger charge is 2.16. The summed E-state index contributed by atoms with van der Waals surface area (Å²) in [4.78, 5) is 22.6. The first-order chi connectivity index (χ1) is 9.02. The van der Waals surface area contributed by atoms with Crippen LogP contribution in [0.1, 0.15) is 17.5 Å². The number of carbonyl (C=O) groups excluding carboxylic acids is 2. The zero-order valence-corrected chi connectivity index (χ0v) is 11.9. The first-order valence-electron chi connectivity index (χ1n) is 6.07. The van der Waals surface area contributed by atoms with Gasteiger partial charge < -0.3 is 10.1 Å². The molecular formula is C14H18ClNO3. The number of alkyl halides is 1. The minimum Gasteiger partial charge on any atom is -0.468 e. The minimum atomic E-state index is -0.840. The van der Waals surface area contributed by atoms with Crippen LogP contribution in [-0.4, -0.2) is 30.9 Å². The van der Waals surface area contributed by atoms with Crippen LogP contribution < -0.4 is 5.32 Å². The van der Waals surface area contributed by atoms with Crippen molar-refractivity contribution in [2.45, 2.75) is 25.1 Å². The minimum absolute atomic E-state index is 0.0843. The Bertz CT molecular complexity index is 431. The zero-order chi connectivity index (χ0) is 14.3. The van der Waals surface area contributed by atoms with Gasteiger partial charge in [-0.25, -0.2) is 0 Å². The Balaban J connectivity index is 2.28. The van der Waals surface area contributed by atoms with E-state index in [0.717, 1.165) is 5.56 Å². The maximum Gasteiger partial charge on any atom is 0.325 e. The van der Waals surface area contributed by atoms with E-state index in [2.05, 4.69) is 10.1 Å². The Morgan fingerprint density at radius 3 is 2.53 bits per heavy atom. The van der Waals surface area contributed by atoms with Gasteiger partial charge in [0.05, 0.1) is 7.11 Å². The smallest absolute Gasteiger partial charge is 0.325 e. The number of benzene rings is 1. The predicted octanol–water partition coefficient (Wildman–Crippen LogP) is 1.82. The Morgan fingerprint density at radius 1 is 1.32 bits per heavy atom. The third-order valence-corrected chi connectivity index (χ3v) is 3.03. The van der Waals surface area contributed by atoms with Crippen molar-refractivity contribution in [3.63, 3.8) is 0 Å². The van der Waals surface area contributed by atoms with Gasteiger partial charge in [0.1, 0.15) is 5.38 Å². The molecule has 1 amide bonds. The molecule has 1 N–H and O–H groups in total. The van der Waals surface area contributed by atoms with Gasteiger partial charge in [-0.15, -0.1) is 11.6 Å². The summed E-state index contributed by atoms with van der Waals surface area (Å²) in [6.45, 7) is 2.10. The molecule has 1 unspecified atom stereocenters. The third-order valence-electron chi connectivity index (χ3n) is 2.70. The van der Waals surface area contributed by atoms with E-state index in [1.54, 1.807) is 0 Å². The fraction of sp³-hybridized carbons (Fsp3) is 0.429. The predicted molar refractivity (Wildman–Crippen MR) is 74.2 cm³/mol. The van der Waals surface area contributed by atoms with Gasteiger partial charge in [0.15, 0.2) is 0 Å². The number of ether oxygens (including phenoxy) is 1. The summed E-state index contributed by atoms with van der Waals surface area (Å²) in [6.07, 6.45) is 1.03. The lowest BCUT2D eigenvalue weighted by Crippen LogP contribution is -2.34. The van der Waals surface area contributed by atoms with Crippen molar-refractivity contribution in [2.75, 3.05) is 13.7 Å². The summed E-state index contributed by atoms with van der Waals surface area (Å²) < 4.78 is 4.46. The van der Waals surface area contributed by atoms with Crippen molar-refractivity contribution < 1.29 is 14.3 Å². The molecule has 0 spiro atoms. The van der Waals surface area contributed by atoms with Crippen LogP contribution in [0.5, 0.6) is 0 Å². The molecule has 0 aliphatic heterocycles. The fourth-order valence-electron chi connectivity index (χ4n) is 1.52. The number of carbonyl (C=O) groups is 2. The molecule has 0 bridgehead atoms. The maximum atomic E-state index is 11.6. The lowest BCUT2D eigenvalue weighted by atomic mass is 10.1. The van der Waals surface area contributed by atoms with Crippen molar-refractivity contribution in [1.82, 2.24) is 5.32 Å². The number of nitrogens with one attached hydrogen (secondary N) is 1. The molecule has 0 saturated carbocycles. The Kier molecular flexibility index (Phi) is 6.36. The number of esters is 1. The van der Waals surface area contributed by atoms with Gasteiger partial charge in [-0.2, -0.15) is 0 Å². The summed E-state index contributed by atoms with van der Waals surface area (Å²) in [5, 5.41) is 1.77. The topological polar surface area (TPSA) is 55.4 Å². The van der Waals surface area contributed by atoms with Crippen LogP contribution in [0.2, 0.25) is 0 Å². The molecule has 1 aromatic rings. The van der Waals surface area contributed by atoms with Crippen LogP contribution >= 0.6 is 11.6 Å². The molecule has 1 rings (SSSR count). The van der Waals surface area contributed by atoms with E-state index in [1.807, 2.05) is 31.2 Å². The van der Waals surface area contributed by atoms with Gasteiger partial charge in [0.2, 0.25) is 5.91 Å². The Hall–Kier alpha value is -1.55. The fourth-order valence-corrected chi connectivity index (χ4v) is 1.68. The number of hydrogen-bond donors (Lipinski definition) is 1. The molecule has 5 heteroatoms. The molecular weight excluding hydrogens is 266 g/mol. The molecule has 19 heavy (non-hydrogen) atoms. The number of halogens is 1. The van der Waals surface area contributed by atoms with Gasteiger partial charge in [-0.3, -0.25) is 9.59 Å². The van der Waals surface area contributed by atoms with Crippen LogP contribution in [0.15, 0.2) is 24.3 Å².